The lowest BCUT2D eigenvalue weighted by Crippen LogP contribution is -2.38. The third-order valence-corrected chi connectivity index (χ3v) is 5.85. The molecule has 1 rings (SSSR count). The van der Waals surface area contributed by atoms with Gasteiger partial charge in [0.1, 0.15) is 0 Å². The molecule has 4 N–H and O–H groups in total. The Morgan fingerprint density at radius 2 is 1.75 bits per heavy atom. The van der Waals surface area contributed by atoms with Crippen LogP contribution in [0.4, 0.5) is 0 Å². The number of nitrogens with zero attached hydrogens (tertiary/aromatic N) is 1. The normalized spacial score (nSPS) is 25.0. The Bertz CT molecular complexity index is 314. The van der Waals surface area contributed by atoms with E-state index in [2.05, 4.69) is 0 Å². The van der Waals surface area contributed by atoms with E-state index >= 15 is 0 Å². The summed E-state index contributed by atoms with van der Waals surface area (Å²) in [6.07, 6.45) is 2.45. The maximum atomic E-state index is 11.1. The smallest absolute Gasteiger partial charge is 0.323 e. The van der Waals surface area contributed by atoms with Crippen molar-refractivity contribution in [1.29, 1.82) is 0 Å². The monoisotopic (exact) mass is 271 g/mol. The highest BCUT2D eigenvalue weighted by atomic mass is 31.2. The summed E-state index contributed by atoms with van der Waals surface area (Å²) in [7, 11) is -9.75. The lowest BCUT2D eigenvalue weighted by atomic mass is 10.0. The van der Waals surface area contributed by atoms with Crippen molar-refractivity contribution in [2.45, 2.75) is 18.9 Å². The fourth-order valence-electron chi connectivity index (χ4n) is 1.70. The molecule has 0 aliphatic carbocycles. The summed E-state index contributed by atoms with van der Waals surface area (Å²) in [5.41, 5.74) is -2.06. The van der Waals surface area contributed by atoms with Gasteiger partial charge in [0.25, 0.3) is 0 Å². The van der Waals surface area contributed by atoms with Gasteiger partial charge < -0.3 is 19.6 Å². The maximum absolute atomic E-state index is 11.1. The minimum atomic E-state index is -4.87. The predicted molar refractivity (Wildman–Crippen MR) is 57.0 cm³/mol. The van der Waals surface area contributed by atoms with Gasteiger partial charge in [0.05, 0.1) is 0 Å². The van der Waals surface area contributed by atoms with Crippen molar-refractivity contribution in [3.05, 3.63) is 13.0 Å². The van der Waals surface area contributed by atoms with E-state index in [4.69, 9.17) is 19.6 Å². The molecule has 0 bridgehead atoms. The van der Waals surface area contributed by atoms with Crippen molar-refractivity contribution in [3.63, 3.8) is 0 Å². The van der Waals surface area contributed by atoms with Crippen molar-refractivity contribution in [2.24, 2.45) is 5.92 Å². The van der Waals surface area contributed by atoms with E-state index in [1.807, 2.05) is 6.42 Å². The van der Waals surface area contributed by atoms with E-state index < -0.39 is 20.7 Å². The molecule has 1 fully saturated rings. The summed E-state index contributed by atoms with van der Waals surface area (Å²) < 4.78 is 22.2. The summed E-state index contributed by atoms with van der Waals surface area (Å²) in [5.74, 6) is -0.0608. The summed E-state index contributed by atoms with van der Waals surface area (Å²) >= 11 is 0. The first-order valence-electron chi connectivity index (χ1n) is 4.67. The Balaban J connectivity index is 2.94. The van der Waals surface area contributed by atoms with Gasteiger partial charge in [0, 0.05) is 13.1 Å². The first-order chi connectivity index (χ1) is 7.12. The number of likely N-dealkylation sites (tertiary alicyclic amines) is 1. The second kappa shape index (κ2) is 4.86. The van der Waals surface area contributed by atoms with Crippen LogP contribution in [0.3, 0.4) is 0 Å². The fourth-order valence-corrected chi connectivity index (χ4v) is 4.42. The molecule has 0 amide bonds. The van der Waals surface area contributed by atoms with E-state index in [1.54, 1.807) is 6.92 Å². The van der Waals surface area contributed by atoms with Crippen molar-refractivity contribution in [2.75, 3.05) is 6.54 Å². The van der Waals surface area contributed by atoms with Crippen LogP contribution in [0, 0.1) is 18.9 Å². The number of hydrogen-bond donors (Lipinski definition) is 4. The molecule has 1 aliphatic rings. The molecule has 1 unspecified atom stereocenters. The van der Waals surface area contributed by atoms with E-state index in [-0.39, 0.29) is 12.5 Å². The van der Waals surface area contributed by atoms with Crippen LogP contribution in [-0.2, 0) is 9.13 Å². The Hall–Kier alpha value is 0.260. The fraction of sp³-hybridized carbons (Fsp3) is 0.714. The number of rotatable bonds is 3. The minimum absolute atomic E-state index is 0.0608. The summed E-state index contributed by atoms with van der Waals surface area (Å²) in [6.45, 7) is 3.42. The Kier molecular flexibility index (Phi) is 4.35. The van der Waals surface area contributed by atoms with Gasteiger partial charge in [-0.15, -0.1) is 0 Å². The summed E-state index contributed by atoms with van der Waals surface area (Å²) in [5, 5.41) is 0. The second-order valence-corrected chi connectivity index (χ2v) is 7.54. The molecule has 94 valence electrons. The first-order valence-corrected chi connectivity index (χ1v) is 8.03. The van der Waals surface area contributed by atoms with Crippen LogP contribution < -0.4 is 0 Å². The number of piperidine rings is 1. The van der Waals surface area contributed by atoms with Crippen LogP contribution in [0.25, 0.3) is 0 Å². The van der Waals surface area contributed by atoms with Crippen LogP contribution in [0.15, 0.2) is 0 Å². The molecule has 1 heterocycles. The molecule has 1 aliphatic heterocycles. The molecule has 1 saturated heterocycles. The third-order valence-electron chi connectivity index (χ3n) is 2.25. The Morgan fingerprint density at radius 3 is 2.12 bits per heavy atom. The van der Waals surface area contributed by atoms with Crippen LogP contribution in [-0.4, -0.2) is 36.5 Å². The van der Waals surface area contributed by atoms with Gasteiger partial charge >= 0.3 is 15.2 Å². The van der Waals surface area contributed by atoms with Gasteiger partial charge in [-0.1, -0.05) is 6.92 Å². The molecule has 7 nitrogen and oxygen atoms in total. The van der Waals surface area contributed by atoms with Crippen molar-refractivity contribution >= 4 is 15.2 Å². The molecule has 0 aromatic heterocycles. The molecule has 9 heteroatoms. The first kappa shape index (κ1) is 14.3. The molecule has 0 aromatic carbocycles. The van der Waals surface area contributed by atoms with Crippen molar-refractivity contribution < 1.29 is 28.7 Å². The highest BCUT2D eigenvalue weighted by Gasteiger charge is 2.48. The van der Waals surface area contributed by atoms with E-state index in [1.165, 1.54) is 6.54 Å². The average molecular weight is 271 g/mol. The summed E-state index contributed by atoms with van der Waals surface area (Å²) in [4.78, 5) is 37.1. The lowest BCUT2D eigenvalue weighted by molar-refractivity contribution is 0.229. The molecular weight excluding hydrogens is 256 g/mol. The topological polar surface area (TPSA) is 118 Å². The zero-order valence-corrected chi connectivity index (χ0v) is 10.5. The molecule has 16 heavy (non-hydrogen) atoms. The van der Waals surface area contributed by atoms with Crippen molar-refractivity contribution in [3.8, 4) is 0 Å². The second-order valence-electron chi connectivity index (χ2n) is 3.79. The number of hydrogen-bond acceptors (Lipinski definition) is 3. The van der Waals surface area contributed by atoms with Crippen LogP contribution in [0.1, 0.15) is 13.3 Å². The minimum Gasteiger partial charge on any atom is -0.323 e. The standard InChI is InChI=1S/C7H15NO6P2/c1-6-3-2-4-8(5-6)7(15(9,10)11)16(12,13)14/h3,5-7H,2,4H2,1H3,(H2,9,10,11)(H2,12,13,14). The zero-order chi connectivity index (χ0) is 12.6. The Labute approximate surface area is 93.8 Å². The van der Waals surface area contributed by atoms with Crippen LogP contribution >= 0.6 is 15.2 Å². The third kappa shape index (κ3) is 3.64. The average Bonchev–Trinajstić information content (AvgIpc) is 1.97. The molecular formula is C7H15NO6P2. The maximum Gasteiger partial charge on any atom is 0.354 e. The van der Waals surface area contributed by atoms with Gasteiger partial charge in [0.2, 0.25) is 5.52 Å². The molecule has 0 aromatic rings. The van der Waals surface area contributed by atoms with E-state index in [9.17, 15) is 9.13 Å². The molecule has 0 spiro atoms. The molecule has 1 atom stereocenters. The van der Waals surface area contributed by atoms with E-state index in [0.717, 1.165) is 4.90 Å². The van der Waals surface area contributed by atoms with Gasteiger partial charge in [-0.25, -0.2) is 0 Å². The SMILES string of the molecule is CC1[CH]CCN(C(P(=O)(O)O)P(=O)(O)O)[CH]1. The van der Waals surface area contributed by atoms with Crippen molar-refractivity contribution in [1.82, 2.24) is 4.90 Å². The molecule has 2 radical (unpaired) electrons. The summed E-state index contributed by atoms with van der Waals surface area (Å²) in [6, 6.07) is 0. The highest BCUT2D eigenvalue weighted by Crippen LogP contribution is 2.61. The zero-order valence-electron chi connectivity index (χ0n) is 8.67. The quantitative estimate of drug-likeness (QED) is 0.546. The largest absolute Gasteiger partial charge is 0.354 e. The Morgan fingerprint density at radius 1 is 1.25 bits per heavy atom. The highest BCUT2D eigenvalue weighted by molar-refractivity contribution is 7.70. The predicted octanol–water partition coefficient (Wildman–Crippen LogP) is 0.333. The molecule has 0 saturated carbocycles. The van der Waals surface area contributed by atoms with Crippen LogP contribution in [0.2, 0.25) is 0 Å². The van der Waals surface area contributed by atoms with Gasteiger partial charge in [0.15, 0.2) is 0 Å². The van der Waals surface area contributed by atoms with Crippen LogP contribution in [0.5, 0.6) is 0 Å². The van der Waals surface area contributed by atoms with Gasteiger partial charge in [-0.2, -0.15) is 0 Å². The van der Waals surface area contributed by atoms with E-state index in [0.29, 0.717) is 6.42 Å². The van der Waals surface area contributed by atoms with Gasteiger partial charge in [-0.3, -0.25) is 14.0 Å². The van der Waals surface area contributed by atoms with Gasteiger partial charge in [-0.05, 0) is 18.8 Å². The lowest BCUT2D eigenvalue weighted by Gasteiger charge is -2.36.